The topological polar surface area (TPSA) is 74.5 Å². The number of likely N-dealkylation sites (tertiary alicyclic amines) is 2. The third kappa shape index (κ3) is 6.98. The largest absolute Gasteiger partial charge is 0.352 e. The van der Waals surface area contributed by atoms with E-state index in [1.807, 2.05) is 24.3 Å². The van der Waals surface area contributed by atoms with Crippen molar-refractivity contribution in [3.05, 3.63) is 70.6 Å². The fourth-order valence-corrected chi connectivity index (χ4v) is 5.70. The molecule has 1 unspecified atom stereocenters. The molecule has 2 aliphatic heterocycles. The molecule has 0 bridgehead atoms. The molecule has 0 spiro atoms. The summed E-state index contributed by atoms with van der Waals surface area (Å²) in [5.74, 6) is 2.03. The molecule has 0 aliphatic carbocycles. The zero-order valence-corrected chi connectivity index (χ0v) is 22.3. The average molecular weight is 522 g/mol. The number of amides is 1. The Morgan fingerprint density at radius 2 is 1.84 bits per heavy atom. The molecule has 3 heterocycles. The van der Waals surface area contributed by atoms with Crippen molar-refractivity contribution >= 4 is 17.5 Å². The van der Waals surface area contributed by atoms with Gasteiger partial charge in [0, 0.05) is 31.1 Å². The number of hydrogen-bond donors (Lipinski definition) is 1. The van der Waals surface area contributed by atoms with Crippen LogP contribution in [0.1, 0.15) is 49.6 Å². The number of piperidine rings is 2. The summed E-state index contributed by atoms with van der Waals surface area (Å²) in [6, 6.07) is 16.1. The van der Waals surface area contributed by atoms with Crippen LogP contribution in [0, 0.1) is 11.8 Å². The van der Waals surface area contributed by atoms with Gasteiger partial charge in [-0.2, -0.15) is 4.98 Å². The number of carbonyl (C=O) groups excluding carboxylic acids is 1. The zero-order valence-electron chi connectivity index (χ0n) is 21.5. The molecule has 8 heteroatoms. The molecule has 7 nitrogen and oxygen atoms in total. The van der Waals surface area contributed by atoms with Gasteiger partial charge in [-0.15, -0.1) is 0 Å². The Labute approximate surface area is 224 Å². The average Bonchev–Trinajstić information content (AvgIpc) is 3.36. The van der Waals surface area contributed by atoms with Crippen molar-refractivity contribution in [2.24, 2.45) is 11.8 Å². The summed E-state index contributed by atoms with van der Waals surface area (Å²) in [6.45, 7) is 8.49. The van der Waals surface area contributed by atoms with Crippen LogP contribution in [0.4, 0.5) is 0 Å². The number of aromatic nitrogens is 2. The maximum Gasteiger partial charge on any atom is 0.241 e. The van der Waals surface area contributed by atoms with Crippen LogP contribution in [0.3, 0.4) is 0 Å². The zero-order chi connectivity index (χ0) is 25.6. The van der Waals surface area contributed by atoms with Gasteiger partial charge in [-0.3, -0.25) is 14.6 Å². The van der Waals surface area contributed by atoms with Crippen molar-refractivity contribution in [2.75, 3.05) is 26.2 Å². The summed E-state index contributed by atoms with van der Waals surface area (Å²) in [7, 11) is 0. The Morgan fingerprint density at radius 3 is 2.65 bits per heavy atom. The number of nitrogens with zero attached hydrogens (tertiary/aromatic N) is 4. The predicted molar refractivity (Wildman–Crippen MR) is 145 cm³/mol. The highest BCUT2D eigenvalue weighted by molar-refractivity contribution is 6.33. The van der Waals surface area contributed by atoms with Crippen LogP contribution in [0.25, 0.3) is 11.4 Å². The van der Waals surface area contributed by atoms with Crippen molar-refractivity contribution in [1.29, 1.82) is 0 Å². The highest BCUT2D eigenvalue weighted by atomic mass is 35.5. The lowest BCUT2D eigenvalue weighted by atomic mass is 9.95. The van der Waals surface area contributed by atoms with E-state index < -0.39 is 0 Å². The van der Waals surface area contributed by atoms with Gasteiger partial charge in [0.15, 0.2) is 0 Å². The highest BCUT2D eigenvalue weighted by Crippen LogP contribution is 2.26. The van der Waals surface area contributed by atoms with E-state index in [0.717, 1.165) is 44.0 Å². The quantitative estimate of drug-likeness (QED) is 0.442. The second-order valence-corrected chi connectivity index (χ2v) is 11.0. The van der Waals surface area contributed by atoms with Gasteiger partial charge in [-0.25, -0.2) is 0 Å². The van der Waals surface area contributed by atoms with E-state index in [4.69, 9.17) is 16.1 Å². The summed E-state index contributed by atoms with van der Waals surface area (Å²) >= 11 is 6.25. The first-order valence-electron chi connectivity index (χ1n) is 13.4. The molecular formula is C29H36ClN5O2. The summed E-state index contributed by atoms with van der Waals surface area (Å²) < 4.78 is 5.46. The molecular weight excluding hydrogens is 486 g/mol. The van der Waals surface area contributed by atoms with E-state index in [0.29, 0.717) is 29.8 Å². The Hall–Kier alpha value is -2.74. The van der Waals surface area contributed by atoms with Gasteiger partial charge < -0.3 is 9.84 Å². The van der Waals surface area contributed by atoms with E-state index in [1.165, 1.54) is 37.1 Å². The number of carbonyl (C=O) groups is 1. The highest BCUT2D eigenvalue weighted by Gasteiger charge is 2.26. The molecule has 196 valence electrons. The third-order valence-corrected chi connectivity index (χ3v) is 7.84. The van der Waals surface area contributed by atoms with Crippen molar-refractivity contribution < 1.29 is 9.32 Å². The Kier molecular flexibility index (Phi) is 8.54. The Morgan fingerprint density at radius 1 is 1.03 bits per heavy atom. The van der Waals surface area contributed by atoms with Crippen LogP contribution in [0.15, 0.2) is 53.1 Å². The molecule has 1 N–H and O–H groups in total. The van der Waals surface area contributed by atoms with Crippen molar-refractivity contribution in [3.63, 3.8) is 0 Å². The molecule has 3 aromatic rings. The lowest BCUT2D eigenvalue weighted by molar-refractivity contribution is -0.126. The van der Waals surface area contributed by atoms with Gasteiger partial charge >= 0.3 is 0 Å². The van der Waals surface area contributed by atoms with Gasteiger partial charge in [-0.1, -0.05) is 60.1 Å². The molecule has 0 radical (unpaired) electrons. The first kappa shape index (κ1) is 25.9. The second-order valence-electron chi connectivity index (χ2n) is 10.6. The molecule has 2 saturated heterocycles. The molecule has 2 aromatic carbocycles. The molecule has 37 heavy (non-hydrogen) atoms. The lowest BCUT2D eigenvalue weighted by Gasteiger charge is -2.31. The molecule has 1 atom stereocenters. The van der Waals surface area contributed by atoms with Gasteiger partial charge in [0.2, 0.25) is 17.6 Å². The van der Waals surface area contributed by atoms with Gasteiger partial charge in [-0.05, 0) is 74.5 Å². The first-order chi connectivity index (χ1) is 18.0. The normalized spacial score (nSPS) is 19.7. The summed E-state index contributed by atoms with van der Waals surface area (Å²) in [5.41, 5.74) is 3.26. The Balaban J connectivity index is 1.06. The minimum atomic E-state index is 0.0376. The maximum atomic E-state index is 12.9. The van der Waals surface area contributed by atoms with Gasteiger partial charge in [0.05, 0.1) is 11.6 Å². The van der Waals surface area contributed by atoms with Crippen LogP contribution < -0.4 is 5.32 Å². The van der Waals surface area contributed by atoms with Crippen LogP contribution >= 0.6 is 11.6 Å². The van der Waals surface area contributed by atoms with E-state index >= 15 is 0 Å². The van der Waals surface area contributed by atoms with Crippen LogP contribution in [-0.4, -0.2) is 52.0 Å². The smallest absolute Gasteiger partial charge is 0.241 e. The second kappa shape index (κ2) is 12.2. The molecule has 2 fully saturated rings. The van der Waals surface area contributed by atoms with Gasteiger partial charge in [0.1, 0.15) is 0 Å². The van der Waals surface area contributed by atoms with Crippen molar-refractivity contribution in [3.8, 4) is 11.4 Å². The molecule has 5 rings (SSSR count). The lowest BCUT2D eigenvalue weighted by Crippen LogP contribution is -2.40. The minimum absolute atomic E-state index is 0.0376. The first-order valence-corrected chi connectivity index (χ1v) is 13.8. The third-order valence-electron chi connectivity index (χ3n) is 7.51. The molecule has 1 amide bonds. The summed E-state index contributed by atoms with van der Waals surface area (Å²) in [5, 5.41) is 7.86. The molecule has 1 aromatic heterocycles. The minimum Gasteiger partial charge on any atom is -0.352 e. The number of halogens is 1. The van der Waals surface area contributed by atoms with E-state index in [2.05, 4.69) is 56.4 Å². The van der Waals surface area contributed by atoms with Gasteiger partial charge in [0.25, 0.3) is 0 Å². The number of hydrogen-bond acceptors (Lipinski definition) is 6. The van der Waals surface area contributed by atoms with E-state index in [1.54, 1.807) is 0 Å². The fraction of sp³-hybridized carbons (Fsp3) is 0.483. The fourth-order valence-electron chi connectivity index (χ4n) is 5.48. The molecule has 2 aliphatic rings. The molecule has 0 saturated carbocycles. The SMILES string of the molecule is CC1CCCN(Cc2cccc(CNC(=O)C3CCN(Cc4nc(-c5ccccc5Cl)no4)CC3)c2)C1. The number of benzene rings is 2. The summed E-state index contributed by atoms with van der Waals surface area (Å²) in [4.78, 5) is 22.2. The van der Waals surface area contributed by atoms with E-state index in [9.17, 15) is 4.79 Å². The maximum absolute atomic E-state index is 12.9. The number of rotatable bonds is 8. The van der Waals surface area contributed by atoms with Crippen LogP contribution in [0.5, 0.6) is 0 Å². The van der Waals surface area contributed by atoms with Crippen LogP contribution in [-0.2, 0) is 24.4 Å². The Bertz CT molecular complexity index is 1190. The van der Waals surface area contributed by atoms with Crippen LogP contribution in [0.2, 0.25) is 5.02 Å². The number of nitrogens with one attached hydrogen (secondary N) is 1. The summed E-state index contributed by atoms with van der Waals surface area (Å²) in [6.07, 6.45) is 4.27. The van der Waals surface area contributed by atoms with Crippen molar-refractivity contribution in [1.82, 2.24) is 25.3 Å². The van der Waals surface area contributed by atoms with E-state index in [-0.39, 0.29) is 11.8 Å². The van der Waals surface area contributed by atoms with Crippen molar-refractivity contribution in [2.45, 2.75) is 52.2 Å². The predicted octanol–water partition coefficient (Wildman–Crippen LogP) is 5.15. The monoisotopic (exact) mass is 521 g/mol. The standard InChI is InChI=1S/C29H36ClN5O2/c1-21-6-5-13-35(18-21)19-23-8-4-7-22(16-23)17-31-29(36)24-11-14-34(15-12-24)20-27-32-28(33-37-27)25-9-2-3-10-26(25)30/h2-4,7-10,16,21,24H,5-6,11-15,17-20H2,1H3,(H,31,36).